The summed E-state index contributed by atoms with van der Waals surface area (Å²) < 4.78 is 0. The number of phenols is 2. The molecule has 1 unspecified atom stereocenters. The zero-order valence-electron chi connectivity index (χ0n) is 9.67. The van der Waals surface area contributed by atoms with Gasteiger partial charge in [0.15, 0.2) is 11.5 Å². The van der Waals surface area contributed by atoms with Crippen molar-refractivity contribution in [1.82, 2.24) is 4.90 Å². The molecule has 0 saturated carbocycles. The average molecular weight is 250 g/mol. The number of benzene rings is 1. The van der Waals surface area contributed by atoms with Crippen LogP contribution in [0.4, 0.5) is 0 Å². The topological polar surface area (TPSA) is 104 Å². The number of phenolic OH excluding ortho intramolecular Hbond substituents is 2. The predicted molar refractivity (Wildman–Crippen MR) is 63.0 cm³/mol. The molecule has 0 spiro atoms. The Hall–Kier alpha value is -2.24. The van der Waals surface area contributed by atoms with Gasteiger partial charge in [-0.15, -0.1) is 0 Å². The quantitative estimate of drug-likeness (QED) is 0.651. The highest BCUT2D eigenvalue weighted by atomic mass is 16.3. The molecule has 0 aromatic heterocycles. The average Bonchev–Trinajstić information content (AvgIpc) is 2.81. The summed E-state index contributed by atoms with van der Waals surface area (Å²) in [6, 6.07) is 3.22. The molecule has 4 N–H and O–H groups in total. The van der Waals surface area contributed by atoms with E-state index in [1.54, 1.807) is 0 Å². The molecule has 2 amide bonds. The molecule has 6 nitrogen and oxygen atoms in total. The van der Waals surface area contributed by atoms with E-state index >= 15 is 0 Å². The summed E-state index contributed by atoms with van der Waals surface area (Å²) in [5.41, 5.74) is 5.46. The van der Waals surface area contributed by atoms with Crippen LogP contribution in [0.5, 0.6) is 11.5 Å². The van der Waals surface area contributed by atoms with Crippen molar-refractivity contribution in [2.45, 2.75) is 18.9 Å². The van der Waals surface area contributed by atoms with Crippen LogP contribution < -0.4 is 5.73 Å². The molecule has 1 aliphatic rings. The highest BCUT2D eigenvalue weighted by Gasteiger charge is 2.33. The first-order chi connectivity index (χ1) is 8.50. The molecule has 18 heavy (non-hydrogen) atoms. The summed E-state index contributed by atoms with van der Waals surface area (Å²) in [6.45, 7) is 0.466. The van der Waals surface area contributed by atoms with Gasteiger partial charge in [0, 0.05) is 12.1 Å². The number of rotatable bonds is 2. The van der Waals surface area contributed by atoms with Crippen molar-refractivity contribution >= 4 is 11.8 Å². The van der Waals surface area contributed by atoms with Crippen LogP contribution in [0.25, 0.3) is 0 Å². The smallest absolute Gasteiger partial charge is 0.254 e. The number of primary amides is 1. The van der Waals surface area contributed by atoms with Crippen LogP contribution in [0.15, 0.2) is 18.2 Å². The van der Waals surface area contributed by atoms with Gasteiger partial charge in [-0.1, -0.05) is 0 Å². The Morgan fingerprint density at radius 1 is 1.28 bits per heavy atom. The summed E-state index contributed by atoms with van der Waals surface area (Å²) in [6.07, 6.45) is 1.29. The molecule has 0 radical (unpaired) electrons. The molecule has 0 bridgehead atoms. The summed E-state index contributed by atoms with van der Waals surface area (Å²) in [5.74, 6) is -1.55. The normalized spacial score (nSPS) is 18.9. The maximum absolute atomic E-state index is 12.2. The summed E-state index contributed by atoms with van der Waals surface area (Å²) in [7, 11) is 0. The monoisotopic (exact) mass is 250 g/mol. The molecule has 1 atom stereocenters. The Morgan fingerprint density at radius 3 is 2.61 bits per heavy atom. The van der Waals surface area contributed by atoms with Crippen LogP contribution in [0, 0.1) is 0 Å². The second-order valence-electron chi connectivity index (χ2n) is 4.26. The van der Waals surface area contributed by atoms with Gasteiger partial charge in [-0.25, -0.2) is 0 Å². The van der Waals surface area contributed by atoms with Crippen molar-refractivity contribution in [1.29, 1.82) is 0 Å². The van der Waals surface area contributed by atoms with Crippen molar-refractivity contribution in [2.24, 2.45) is 5.73 Å². The second kappa shape index (κ2) is 4.56. The van der Waals surface area contributed by atoms with Gasteiger partial charge >= 0.3 is 0 Å². The van der Waals surface area contributed by atoms with E-state index in [4.69, 9.17) is 5.73 Å². The lowest BCUT2D eigenvalue weighted by atomic mass is 10.1. The Balaban J connectivity index is 2.25. The van der Waals surface area contributed by atoms with Gasteiger partial charge in [0.25, 0.3) is 5.91 Å². The largest absolute Gasteiger partial charge is 0.504 e. The number of hydrogen-bond acceptors (Lipinski definition) is 4. The Labute approximate surface area is 104 Å². The van der Waals surface area contributed by atoms with Gasteiger partial charge in [0.05, 0.1) is 0 Å². The Kier molecular flexibility index (Phi) is 3.10. The van der Waals surface area contributed by atoms with E-state index in [0.717, 1.165) is 6.42 Å². The summed E-state index contributed by atoms with van der Waals surface area (Å²) in [5, 5.41) is 18.5. The van der Waals surface area contributed by atoms with Crippen LogP contribution >= 0.6 is 0 Å². The minimum atomic E-state index is -0.589. The van der Waals surface area contributed by atoms with E-state index in [1.165, 1.54) is 23.1 Å². The maximum Gasteiger partial charge on any atom is 0.254 e. The van der Waals surface area contributed by atoms with Gasteiger partial charge < -0.3 is 20.8 Å². The number of nitrogens with two attached hydrogens (primary N) is 1. The van der Waals surface area contributed by atoms with E-state index < -0.39 is 11.9 Å². The molecular formula is C12H14N2O4. The summed E-state index contributed by atoms with van der Waals surface area (Å²) in [4.78, 5) is 24.8. The number of likely N-dealkylation sites (tertiary alicyclic amines) is 1. The number of aromatic hydroxyl groups is 2. The lowest BCUT2D eigenvalue weighted by Gasteiger charge is -2.22. The number of carbonyl (C=O) groups excluding carboxylic acids is 2. The molecule has 1 heterocycles. The number of amides is 2. The van der Waals surface area contributed by atoms with Gasteiger partial charge in [0.1, 0.15) is 6.04 Å². The Morgan fingerprint density at radius 2 is 2.00 bits per heavy atom. The molecule has 1 aliphatic heterocycles. The molecule has 0 aliphatic carbocycles. The molecule has 1 saturated heterocycles. The molecule has 6 heteroatoms. The van der Waals surface area contributed by atoms with E-state index in [2.05, 4.69) is 0 Å². The molecule has 2 rings (SSSR count). The van der Waals surface area contributed by atoms with Crippen LogP contribution in [-0.2, 0) is 4.79 Å². The third kappa shape index (κ3) is 2.09. The van der Waals surface area contributed by atoms with Crippen LogP contribution in [0.1, 0.15) is 23.2 Å². The SMILES string of the molecule is NC(=O)C1CCCN1C(=O)c1ccc(O)c(O)c1. The minimum absolute atomic E-state index is 0.221. The first-order valence-electron chi connectivity index (χ1n) is 5.63. The fourth-order valence-electron chi connectivity index (χ4n) is 2.13. The number of hydrogen-bond donors (Lipinski definition) is 3. The lowest BCUT2D eigenvalue weighted by Crippen LogP contribution is -2.43. The Bertz CT molecular complexity index is 501. The molecular weight excluding hydrogens is 236 g/mol. The first-order valence-corrected chi connectivity index (χ1v) is 5.63. The van der Waals surface area contributed by atoms with Crippen LogP contribution in [-0.4, -0.2) is 39.5 Å². The standard InChI is InChI=1S/C12H14N2O4/c13-11(17)8-2-1-5-14(8)12(18)7-3-4-9(15)10(16)6-7/h3-4,6,8,15-16H,1-2,5H2,(H2,13,17). The maximum atomic E-state index is 12.2. The third-order valence-corrected chi connectivity index (χ3v) is 3.06. The van der Waals surface area contributed by atoms with Crippen molar-refractivity contribution < 1.29 is 19.8 Å². The molecule has 1 aromatic carbocycles. The zero-order chi connectivity index (χ0) is 13.3. The lowest BCUT2D eigenvalue weighted by molar-refractivity contribution is -0.121. The van der Waals surface area contributed by atoms with Crippen molar-refractivity contribution in [2.75, 3.05) is 6.54 Å². The van der Waals surface area contributed by atoms with Crippen molar-refractivity contribution in [3.63, 3.8) is 0 Å². The molecule has 1 aromatic rings. The zero-order valence-corrected chi connectivity index (χ0v) is 9.67. The third-order valence-electron chi connectivity index (χ3n) is 3.06. The van der Waals surface area contributed by atoms with Gasteiger partial charge in [-0.2, -0.15) is 0 Å². The van der Waals surface area contributed by atoms with Crippen molar-refractivity contribution in [3.8, 4) is 11.5 Å². The van der Waals surface area contributed by atoms with Crippen molar-refractivity contribution in [3.05, 3.63) is 23.8 Å². The van der Waals surface area contributed by atoms with E-state index in [1.807, 2.05) is 0 Å². The minimum Gasteiger partial charge on any atom is -0.504 e. The van der Waals surface area contributed by atoms with E-state index in [-0.39, 0.29) is 23.0 Å². The predicted octanol–water partition coefficient (Wildman–Crippen LogP) is 0.188. The van der Waals surface area contributed by atoms with Crippen LogP contribution in [0.3, 0.4) is 0 Å². The van der Waals surface area contributed by atoms with Crippen LogP contribution in [0.2, 0.25) is 0 Å². The fourth-order valence-corrected chi connectivity index (χ4v) is 2.13. The highest BCUT2D eigenvalue weighted by molar-refractivity contribution is 5.98. The van der Waals surface area contributed by atoms with Gasteiger partial charge in [0.2, 0.25) is 5.91 Å². The molecule has 1 fully saturated rings. The van der Waals surface area contributed by atoms with E-state index in [9.17, 15) is 19.8 Å². The number of nitrogens with zero attached hydrogens (tertiary/aromatic N) is 1. The first kappa shape index (κ1) is 12.2. The summed E-state index contributed by atoms with van der Waals surface area (Å²) >= 11 is 0. The number of carbonyl (C=O) groups is 2. The highest BCUT2D eigenvalue weighted by Crippen LogP contribution is 2.27. The molecule has 96 valence electrons. The van der Waals surface area contributed by atoms with Gasteiger partial charge in [-0.3, -0.25) is 9.59 Å². The van der Waals surface area contributed by atoms with E-state index in [0.29, 0.717) is 13.0 Å². The van der Waals surface area contributed by atoms with Gasteiger partial charge in [-0.05, 0) is 31.0 Å². The second-order valence-corrected chi connectivity index (χ2v) is 4.26. The fraction of sp³-hybridized carbons (Fsp3) is 0.333.